The second-order valence-corrected chi connectivity index (χ2v) is 34.4. The number of hydrogen-bond donors (Lipinski definition) is 3. The van der Waals surface area contributed by atoms with Crippen LogP contribution in [0.3, 0.4) is 0 Å². The normalized spacial score (nSPS) is 14.4. The summed E-state index contributed by atoms with van der Waals surface area (Å²) in [6.45, 7) is 12.0. The fourth-order valence-corrected chi connectivity index (χ4v) is 14.7. The largest absolute Gasteiger partial charge is 0.472 e. The average molecular weight is 1520 g/mol. The zero-order chi connectivity index (χ0) is 76.5. The molecule has 0 rings (SSSR count). The van der Waals surface area contributed by atoms with Crippen LogP contribution in [0.25, 0.3) is 0 Å². The van der Waals surface area contributed by atoms with Crippen LogP contribution in [0.4, 0.5) is 0 Å². The number of unbranched alkanes of at least 4 members (excludes halogenated alkanes) is 49. The summed E-state index contributed by atoms with van der Waals surface area (Å²) >= 11 is 0. The molecule has 17 nitrogen and oxygen atoms in total. The first-order valence-corrected chi connectivity index (χ1v) is 46.9. The van der Waals surface area contributed by atoms with Crippen molar-refractivity contribution in [2.24, 2.45) is 17.8 Å². The van der Waals surface area contributed by atoms with Gasteiger partial charge in [0.05, 0.1) is 26.4 Å². The highest BCUT2D eigenvalue weighted by Crippen LogP contribution is 2.45. The van der Waals surface area contributed by atoms with Crippen LogP contribution in [0.2, 0.25) is 0 Å². The summed E-state index contributed by atoms with van der Waals surface area (Å²) in [6.07, 6.45) is 65.3. The number of ether oxygens (including phenoxy) is 4. The van der Waals surface area contributed by atoms with Gasteiger partial charge in [0, 0.05) is 25.7 Å². The van der Waals surface area contributed by atoms with E-state index in [1.54, 1.807) is 0 Å². The lowest BCUT2D eigenvalue weighted by Crippen LogP contribution is -2.30. The highest BCUT2D eigenvalue weighted by Gasteiger charge is 2.30. The second-order valence-electron chi connectivity index (χ2n) is 31.5. The topological polar surface area (TPSA) is 237 Å². The van der Waals surface area contributed by atoms with Gasteiger partial charge < -0.3 is 33.8 Å². The fourth-order valence-electron chi connectivity index (χ4n) is 13.1. The van der Waals surface area contributed by atoms with Crippen molar-refractivity contribution < 1.29 is 80.2 Å². The quantitative estimate of drug-likeness (QED) is 0.0222. The molecule has 0 aromatic rings. The molecule has 0 aliphatic heterocycles. The van der Waals surface area contributed by atoms with E-state index < -0.39 is 97.5 Å². The molecule has 104 heavy (non-hydrogen) atoms. The lowest BCUT2D eigenvalue weighted by atomic mass is 9.99. The predicted molar refractivity (Wildman–Crippen MR) is 428 cm³/mol. The molecule has 0 amide bonds. The van der Waals surface area contributed by atoms with E-state index in [1.165, 1.54) is 250 Å². The molecule has 7 atom stereocenters. The Morgan fingerprint density at radius 1 is 0.279 bits per heavy atom. The summed E-state index contributed by atoms with van der Waals surface area (Å²) < 4.78 is 68.8. The molecule has 0 saturated carbocycles. The first kappa shape index (κ1) is 102. The molecular weight excluding hydrogens is 1350 g/mol. The minimum absolute atomic E-state index is 0.107. The number of rotatable bonds is 83. The van der Waals surface area contributed by atoms with Crippen molar-refractivity contribution in [1.82, 2.24) is 0 Å². The molecule has 0 fully saturated rings. The first-order valence-electron chi connectivity index (χ1n) is 43.9. The van der Waals surface area contributed by atoms with Gasteiger partial charge in [0.2, 0.25) is 0 Å². The van der Waals surface area contributed by atoms with E-state index in [0.29, 0.717) is 31.6 Å². The van der Waals surface area contributed by atoms with Crippen molar-refractivity contribution in [3.05, 3.63) is 0 Å². The van der Waals surface area contributed by atoms with E-state index in [0.717, 1.165) is 108 Å². The second kappa shape index (κ2) is 75.1. The molecule has 0 aromatic carbocycles. The number of aliphatic hydroxyl groups excluding tert-OH is 1. The molecule has 3 N–H and O–H groups in total. The molecule has 618 valence electrons. The lowest BCUT2D eigenvalue weighted by molar-refractivity contribution is -0.161. The van der Waals surface area contributed by atoms with Gasteiger partial charge in [0.15, 0.2) is 12.2 Å². The number of carbonyl (C=O) groups is 4. The molecule has 0 bridgehead atoms. The van der Waals surface area contributed by atoms with Crippen LogP contribution in [0.5, 0.6) is 0 Å². The molecule has 0 radical (unpaired) electrons. The number of phosphoric ester groups is 2. The van der Waals surface area contributed by atoms with Crippen molar-refractivity contribution in [1.29, 1.82) is 0 Å². The van der Waals surface area contributed by atoms with Gasteiger partial charge >= 0.3 is 39.5 Å². The molecule has 0 heterocycles. The van der Waals surface area contributed by atoms with Crippen LogP contribution in [0.1, 0.15) is 447 Å². The van der Waals surface area contributed by atoms with Gasteiger partial charge in [-0.05, 0) is 43.4 Å². The summed E-state index contributed by atoms with van der Waals surface area (Å²) in [5, 5.41) is 10.7. The molecule has 0 spiro atoms. The maximum absolute atomic E-state index is 13.1. The van der Waals surface area contributed by atoms with Crippen molar-refractivity contribution >= 4 is 39.5 Å². The fraction of sp³-hybridized carbons (Fsp3) is 0.953. The third-order valence-corrected chi connectivity index (χ3v) is 22.5. The van der Waals surface area contributed by atoms with Gasteiger partial charge in [0.25, 0.3) is 0 Å². The number of aliphatic hydroxyl groups is 1. The Bertz CT molecular complexity index is 2010. The monoisotopic (exact) mass is 1520 g/mol. The highest BCUT2D eigenvalue weighted by atomic mass is 31.2. The maximum Gasteiger partial charge on any atom is 0.472 e. The summed E-state index contributed by atoms with van der Waals surface area (Å²) in [5.41, 5.74) is 0. The van der Waals surface area contributed by atoms with E-state index >= 15 is 0 Å². The zero-order valence-electron chi connectivity index (χ0n) is 68.5. The third-order valence-electron chi connectivity index (χ3n) is 20.6. The molecule has 19 heteroatoms. The average Bonchev–Trinajstić information content (AvgIpc) is 0.907. The molecule has 0 aliphatic carbocycles. The number of carbonyl (C=O) groups excluding carboxylic acids is 4. The first-order chi connectivity index (χ1) is 50.3. The predicted octanol–water partition coefficient (Wildman–Crippen LogP) is 25.7. The smallest absolute Gasteiger partial charge is 0.462 e. The Kier molecular flexibility index (Phi) is 73.7. The van der Waals surface area contributed by atoms with Gasteiger partial charge in [-0.2, -0.15) is 0 Å². The van der Waals surface area contributed by atoms with E-state index in [-0.39, 0.29) is 25.7 Å². The van der Waals surface area contributed by atoms with E-state index in [9.17, 15) is 43.2 Å². The summed E-state index contributed by atoms with van der Waals surface area (Å²) in [5.74, 6) is 0.293. The lowest BCUT2D eigenvalue weighted by Gasteiger charge is -2.21. The summed E-state index contributed by atoms with van der Waals surface area (Å²) in [6, 6.07) is 0. The Hall–Kier alpha value is -1.94. The van der Waals surface area contributed by atoms with Crippen LogP contribution >= 0.6 is 15.6 Å². The van der Waals surface area contributed by atoms with Crippen LogP contribution in [-0.4, -0.2) is 96.7 Å². The van der Waals surface area contributed by atoms with Gasteiger partial charge in [-0.15, -0.1) is 0 Å². The molecule has 0 saturated heterocycles. The van der Waals surface area contributed by atoms with Crippen molar-refractivity contribution in [3.63, 3.8) is 0 Å². The van der Waals surface area contributed by atoms with E-state index in [1.807, 2.05) is 0 Å². The Labute approximate surface area is 638 Å². The van der Waals surface area contributed by atoms with Crippen LogP contribution in [0, 0.1) is 17.8 Å². The van der Waals surface area contributed by atoms with Crippen LogP contribution in [-0.2, 0) is 65.4 Å². The van der Waals surface area contributed by atoms with Crippen LogP contribution < -0.4 is 0 Å². The Morgan fingerprint density at radius 3 is 0.731 bits per heavy atom. The van der Waals surface area contributed by atoms with E-state index in [2.05, 4.69) is 48.5 Å². The molecule has 4 unspecified atom stereocenters. The minimum Gasteiger partial charge on any atom is -0.462 e. The SMILES string of the molecule is CCCCCCCCCCCCCCCCCC(=O)O[C@H](COC(=O)CCCCCCCCC(C)C)COP(=O)(O)OC[C@H](O)COP(=O)(O)OC[C@@H](COC(=O)CCCCCCCCCCCCCCCCC(C)CC)OC(=O)CCCCCCCCCCCCCCCCCCCCC(C)CC. The van der Waals surface area contributed by atoms with E-state index in [4.69, 9.17) is 37.0 Å². The maximum atomic E-state index is 13.1. The minimum atomic E-state index is -4.97. The Morgan fingerprint density at radius 2 is 0.490 bits per heavy atom. The van der Waals surface area contributed by atoms with Crippen LogP contribution in [0.15, 0.2) is 0 Å². The number of phosphoric acid groups is 2. The summed E-state index contributed by atoms with van der Waals surface area (Å²) in [7, 11) is -9.93. The van der Waals surface area contributed by atoms with Gasteiger partial charge in [0.1, 0.15) is 19.3 Å². The van der Waals surface area contributed by atoms with Gasteiger partial charge in [-0.25, -0.2) is 9.13 Å². The highest BCUT2D eigenvalue weighted by molar-refractivity contribution is 7.47. The zero-order valence-corrected chi connectivity index (χ0v) is 70.3. The van der Waals surface area contributed by atoms with Crippen molar-refractivity contribution in [2.75, 3.05) is 39.6 Å². The van der Waals surface area contributed by atoms with Crippen molar-refractivity contribution in [3.8, 4) is 0 Å². The molecular formula is C85H166O17P2. The molecule has 0 aliphatic rings. The standard InChI is InChI=1S/C85H166O17P2/c1-8-11-12-13-14-15-16-17-22-30-35-40-45-54-61-69-85(90)102-81(73-96-83(88)67-60-53-48-47-49-56-63-76(4)5)75-100-104(93,94)98-71-79(86)70-97-103(91,92)99-74-80(72-95-82(87)66-59-52-44-39-34-29-26-25-28-33-38-43-51-58-65-78(7)10-3)101-84(89)68-62-55-46-41-36-31-24-21-19-18-20-23-27-32-37-42-50-57-64-77(6)9-2/h76-81,86H,8-75H2,1-7H3,(H,91,92)(H,93,94)/t77?,78?,79-,80-,81-/m1/s1. The third kappa shape index (κ3) is 75.5. The van der Waals surface area contributed by atoms with Gasteiger partial charge in [-0.1, -0.05) is 395 Å². The van der Waals surface area contributed by atoms with Gasteiger partial charge in [-0.3, -0.25) is 37.3 Å². The van der Waals surface area contributed by atoms with Crippen molar-refractivity contribution in [2.45, 2.75) is 465 Å². The number of esters is 4. The molecule has 0 aromatic heterocycles. The Balaban J connectivity index is 5.21. The summed E-state index contributed by atoms with van der Waals surface area (Å²) in [4.78, 5) is 73.1. The number of hydrogen-bond acceptors (Lipinski definition) is 15.